The molecule has 0 bridgehead atoms. The second-order valence-corrected chi connectivity index (χ2v) is 4.79. The molecule has 1 aliphatic heterocycles. The van der Waals surface area contributed by atoms with Crippen LogP contribution in [0.25, 0.3) is 0 Å². The van der Waals surface area contributed by atoms with Gasteiger partial charge in [0.15, 0.2) is 0 Å². The van der Waals surface area contributed by atoms with E-state index < -0.39 is 0 Å². The minimum Gasteiger partial charge on any atom is -0.351 e. The van der Waals surface area contributed by atoms with E-state index in [1.54, 1.807) is 7.05 Å². The SMILES string of the molecule is CC(=O)N(C)CC(=O)N[C@H](C)[C@@H]1CCCCN1. The van der Waals surface area contributed by atoms with E-state index in [1.807, 2.05) is 6.92 Å². The van der Waals surface area contributed by atoms with Crippen LogP contribution in [0.2, 0.25) is 0 Å². The summed E-state index contributed by atoms with van der Waals surface area (Å²) in [6.07, 6.45) is 3.53. The third kappa shape index (κ3) is 4.73. The molecule has 1 rings (SSSR count). The normalized spacial score (nSPS) is 21.7. The lowest BCUT2D eigenvalue weighted by Gasteiger charge is -2.30. The van der Waals surface area contributed by atoms with Crippen molar-refractivity contribution in [3.63, 3.8) is 0 Å². The number of hydrogen-bond acceptors (Lipinski definition) is 3. The van der Waals surface area contributed by atoms with Crippen LogP contribution in [-0.2, 0) is 9.59 Å². The highest BCUT2D eigenvalue weighted by atomic mass is 16.2. The number of amides is 2. The van der Waals surface area contributed by atoms with Gasteiger partial charge in [-0.2, -0.15) is 0 Å². The van der Waals surface area contributed by atoms with E-state index in [0.29, 0.717) is 6.04 Å². The lowest BCUT2D eigenvalue weighted by molar-refractivity contribution is -0.133. The molecule has 0 aromatic heterocycles. The number of carbonyl (C=O) groups excluding carboxylic acids is 2. The van der Waals surface area contributed by atoms with Crippen LogP contribution in [0.3, 0.4) is 0 Å². The lowest BCUT2D eigenvalue weighted by atomic mass is 9.99. The molecule has 1 fully saturated rings. The summed E-state index contributed by atoms with van der Waals surface area (Å²) < 4.78 is 0. The van der Waals surface area contributed by atoms with E-state index in [0.717, 1.165) is 13.0 Å². The van der Waals surface area contributed by atoms with Gasteiger partial charge in [-0.05, 0) is 26.3 Å². The molecule has 0 unspecified atom stereocenters. The summed E-state index contributed by atoms with van der Waals surface area (Å²) in [5.74, 6) is -0.189. The van der Waals surface area contributed by atoms with E-state index >= 15 is 0 Å². The first-order valence-electron chi connectivity index (χ1n) is 6.25. The number of nitrogens with zero attached hydrogens (tertiary/aromatic N) is 1. The van der Waals surface area contributed by atoms with Gasteiger partial charge in [-0.15, -0.1) is 0 Å². The molecule has 98 valence electrons. The van der Waals surface area contributed by atoms with Crippen molar-refractivity contribution in [2.24, 2.45) is 0 Å². The molecule has 2 N–H and O–H groups in total. The Bertz CT molecular complexity index is 275. The van der Waals surface area contributed by atoms with Crippen LogP contribution in [0.4, 0.5) is 0 Å². The summed E-state index contributed by atoms with van der Waals surface area (Å²) in [5, 5.41) is 6.35. The molecule has 2 atom stereocenters. The molecule has 2 amide bonds. The summed E-state index contributed by atoms with van der Waals surface area (Å²) in [7, 11) is 1.63. The second-order valence-electron chi connectivity index (χ2n) is 4.79. The van der Waals surface area contributed by atoms with Crippen LogP contribution in [0.1, 0.15) is 33.1 Å². The molecular weight excluding hydrogens is 218 g/mol. The molecule has 1 heterocycles. The first-order chi connectivity index (χ1) is 8.00. The average Bonchev–Trinajstić information content (AvgIpc) is 2.29. The first-order valence-corrected chi connectivity index (χ1v) is 6.25. The zero-order valence-corrected chi connectivity index (χ0v) is 11.0. The van der Waals surface area contributed by atoms with Crippen molar-refractivity contribution in [2.75, 3.05) is 20.1 Å². The molecule has 1 aliphatic rings. The van der Waals surface area contributed by atoms with E-state index in [1.165, 1.54) is 24.7 Å². The zero-order chi connectivity index (χ0) is 12.8. The Balaban J connectivity index is 2.31. The molecule has 0 aromatic rings. The van der Waals surface area contributed by atoms with Gasteiger partial charge in [0.2, 0.25) is 11.8 Å². The van der Waals surface area contributed by atoms with Crippen LogP contribution in [0.5, 0.6) is 0 Å². The van der Waals surface area contributed by atoms with Crippen molar-refractivity contribution in [2.45, 2.75) is 45.2 Å². The highest BCUT2D eigenvalue weighted by Gasteiger charge is 2.21. The number of likely N-dealkylation sites (N-methyl/N-ethyl adjacent to an activating group) is 1. The predicted molar refractivity (Wildman–Crippen MR) is 66.6 cm³/mol. The van der Waals surface area contributed by atoms with Gasteiger partial charge in [-0.1, -0.05) is 6.42 Å². The van der Waals surface area contributed by atoms with E-state index in [9.17, 15) is 9.59 Å². The quantitative estimate of drug-likeness (QED) is 0.734. The number of carbonyl (C=O) groups is 2. The number of hydrogen-bond donors (Lipinski definition) is 2. The fraction of sp³-hybridized carbons (Fsp3) is 0.833. The van der Waals surface area contributed by atoms with Gasteiger partial charge in [0.25, 0.3) is 0 Å². The van der Waals surface area contributed by atoms with Crippen LogP contribution in [0, 0.1) is 0 Å². The molecule has 0 saturated carbocycles. The molecular formula is C12H23N3O2. The van der Waals surface area contributed by atoms with Crippen molar-refractivity contribution in [1.82, 2.24) is 15.5 Å². The average molecular weight is 241 g/mol. The maximum Gasteiger partial charge on any atom is 0.239 e. The van der Waals surface area contributed by atoms with E-state index in [-0.39, 0.29) is 24.4 Å². The number of piperidine rings is 1. The van der Waals surface area contributed by atoms with Crippen LogP contribution in [-0.4, -0.2) is 48.9 Å². The highest BCUT2D eigenvalue weighted by Crippen LogP contribution is 2.10. The highest BCUT2D eigenvalue weighted by molar-refractivity contribution is 5.83. The molecule has 5 heteroatoms. The minimum absolute atomic E-state index is 0.0939. The number of nitrogens with one attached hydrogen (secondary N) is 2. The summed E-state index contributed by atoms with van der Waals surface area (Å²) in [6.45, 7) is 4.62. The molecule has 17 heavy (non-hydrogen) atoms. The standard InChI is InChI=1S/C12H23N3O2/c1-9(11-6-4-5-7-13-11)14-12(17)8-15(3)10(2)16/h9,11,13H,4-8H2,1-3H3,(H,14,17)/t9-,11+/m1/s1. The van der Waals surface area contributed by atoms with Crippen LogP contribution < -0.4 is 10.6 Å². The molecule has 0 aliphatic carbocycles. The lowest BCUT2D eigenvalue weighted by Crippen LogP contribution is -2.52. The maximum atomic E-state index is 11.7. The largest absolute Gasteiger partial charge is 0.351 e. The van der Waals surface area contributed by atoms with Crippen LogP contribution in [0.15, 0.2) is 0 Å². The maximum absolute atomic E-state index is 11.7. The molecule has 1 saturated heterocycles. The smallest absolute Gasteiger partial charge is 0.239 e. The van der Waals surface area contributed by atoms with Crippen molar-refractivity contribution in [3.05, 3.63) is 0 Å². The Morgan fingerprint density at radius 1 is 1.47 bits per heavy atom. The van der Waals surface area contributed by atoms with Gasteiger partial charge >= 0.3 is 0 Å². The zero-order valence-electron chi connectivity index (χ0n) is 11.0. The van der Waals surface area contributed by atoms with E-state index in [2.05, 4.69) is 10.6 Å². The molecule has 5 nitrogen and oxygen atoms in total. The third-order valence-electron chi connectivity index (χ3n) is 3.26. The molecule has 0 radical (unpaired) electrons. The van der Waals surface area contributed by atoms with Crippen molar-refractivity contribution in [3.8, 4) is 0 Å². The predicted octanol–water partition coefficient (Wildman–Crippen LogP) is 0.112. The monoisotopic (exact) mass is 241 g/mol. The Morgan fingerprint density at radius 2 is 2.18 bits per heavy atom. The van der Waals surface area contributed by atoms with Gasteiger partial charge in [-0.25, -0.2) is 0 Å². The fourth-order valence-corrected chi connectivity index (χ4v) is 2.03. The van der Waals surface area contributed by atoms with Gasteiger partial charge < -0.3 is 15.5 Å². The van der Waals surface area contributed by atoms with E-state index in [4.69, 9.17) is 0 Å². The summed E-state index contributed by atoms with van der Waals surface area (Å²) in [5.41, 5.74) is 0. The van der Waals surface area contributed by atoms with Crippen molar-refractivity contribution >= 4 is 11.8 Å². The molecule has 0 spiro atoms. The Morgan fingerprint density at radius 3 is 2.71 bits per heavy atom. The van der Waals surface area contributed by atoms with Gasteiger partial charge in [0.1, 0.15) is 0 Å². The first kappa shape index (κ1) is 14.0. The Kier molecular flexibility index (Phi) is 5.41. The molecule has 0 aromatic carbocycles. The topological polar surface area (TPSA) is 61.4 Å². The minimum atomic E-state index is -0.0948. The third-order valence-corrected chi connectivity index (χ3v) is 3.26. The van der Waals surface area contributed by atoms with Crippen LogP contribution >= 0.6 is 0 Å². The summed E-state index contributed by atoms with van der Waals surface area (Å²) >= 11 is 0. The summed E-state index contributed by atoms with van der Waals surface area (Å²) in [4.78, 5) is 24.1. The Labute approximate surface area is 103 Å². The van der Waals surface area contributed by atoms with Gasteiger partial charge in [-0.3, -0.25) is 9.59 Å². The Hall–Kier alpha value is -1.10. The second kappa shape index (κ2) is 6.59. The van der Waals surface area contributed by atoms with Crippen molar-refractivity contribution < 1.29 is 9.59 Å². The fourth-order valence-electron chi connectivity index (χ4n) is 2.03. The van der Waals surface area contributed by atoms with Gasteiger partial charge in [0, 0.05) is 26.1 Å². The number of rotatable bonds is 4. The van der Waals surface area contributed by atoms with Gasteiger partial charge in [0.05, 0.1) is 6.54 Å². The van der Waals surface area contributed by atoms with Crippen molar-refractivity contribution in [1.29, 1.82) is 0 Å². The summed E-state index contributed by atoms with van der Waals surface area (Å²) in [6, 6.07) is 0.471.